The second-order valence-corrected chi connectivity index (χ2v) is 6.37. The number of ether oxygens (including phenoxy) is 1. The van der Waals surface area contributed by atoms with E-state index in [1.54, 1.807) is 29.2 Å². The Balaban J connectivity index is 1.70. The Morgan fingerprint density at radius 3 is 2.52 bits per heavy atom. The average molecular weight is 338 g/mol. The lowest BCUT2D eigenvalue weighted by Gasteiger charge is -2.18. The van der Waals surface area contributed by atoms with Crippen molar-refractivity contribution in [2.45, 2.75) is 26.8 Å². The van der Waals surface area contributed by atoms with E-state index in [2.05, 4.69) is 23.5 Å². The van der Waals surface area contributed by atoms with Gasteiger partial charge < -0.3 is 10.1 Å². The molecule has 0 spiro atoms. The number of anilines is 1. The highest BCUT2D eigenvalue weighted by atomic mass is 16.6. The van der Waals surface area contributed by atoms with Gasteiger partial charge in [0.25, 0.3) is 5.91 Å². The quantitative estimate of drug-likeness (QED) is 0.923. The van der Waals surface area contributed by atoms with Gasteiger partial charge in [-0.25, -0.2) is 4.79 Å². The van der Waals surface area contributed by atoms with E-state index in [0.29, 0.717) is 18.7 Å². The molecule has 1 heterocycles. The molecule has 2 aromatic carbocycles. The van der Waals surface area contributed by atoms with Crippen LogP contribution in [-0.2, 0) is 4.74 Å². The first-order valence-electron chi connectivity index (χ1n) is 8.38. The van der Waals surface area contributed by atoms with Gasteiger partial charge in [0.1, 0.15) is 6.61 Å². The molecule has 130 valence electrons. The fourth-order valence-corrected chi connectivity index (χ4v) is 3.00. The summed E-state index contributed by atoms with van der Waals surface area (Å²) in [5.41, 5.74) is 4.74. The van der Waals surface area contributed by atoms with E-state index in [1.807, 2.05) is 20.8 Å². The number of nitrogens with zero attached hydrogens (tertiary/aromatic N) is 1. The highest BCUT2D eigenvalue weighted by Gasteiger charge is 2.23. The maximum atomic E-state index is 12.5. The summed E-state index contributed by atoms with van der Waals surface area (Å²) in [5.74, 6) is -0.135. The fraction of sp³-hybridized carbons (Fsp3) is 0.300. The molecule has 0 bridgehead atoms. The summed E-state index contributed by atoms with van der Waals surface area (Å²) in [5, 5.41) is 3.03. The lowest BCUT2D eigenvalue weighted by Crippen LogP contribution is -2.27. The summed E-state index contributed by atoms with van der Waals surface area (Å²) >= 11 is 0. The van der Waals surface area contributed by atoms with Gasteiger partial charge in [0.15, 0.2) is 0 Å². The molecular weight excluding hydrogens is 316 g/mol. The van der Waals surface area contributed by atoms with Gasteiger partial charge in [0.05, 0.1) is 12.6 Å². The number of aryl methyl sites for hydroxylation is 2. The van der Waals surface area contributed by atoms with Gasteiger partial charge in [-0.15, -0.1) is 0 Å². The Bertz CT molecular complexity index is 799. The lowest BCUT2D eigenvalue weighted by atomic mass is 9.99. The van der Waals surface area contributed by atoms with Crippen molar-refractivity contribution < 1.29 is 14.3 Å². The Hall–Kier alpha value is -2.82. The number of cyclic esters (lactones) is 1. The molecule has 5 heteroatoms. The Kier molecular flexibility index (Phi) is 4.74. The van der Waals surface area contributed by atoms with Crippen LogP contribution in [0.15, 0.2) is 42.5 Å². The maximum Gasteiger partial charge on any atom is 0.414 e. The number of hydrogen-bond donors (Lipinski definition) is 1. The first-order chi connectivity index (χ1) is 12.0. The first kappa shape index (κ1) is 17.0. The topological polar surface area (TPSA) is 58.6 Å². The molecule has 0 radical (unpaired) electrons. The number of rotatable bonds is 4. The zero-order valence-electron chi connectivity index (χ0n) is 14.7. The van der Waals surface area contributed by atoms with Crippen LogP contribution in [0.1, 0.15) is 40.0 Å². The van der Waals surface area contributed by atoms with Gasteiger partial charge in [-0.1, -0.05) is 23.8 Å². The molecule has 1 N–H and O–H groups in total. The molecule has 0 saturated carbocycles. The van der Waals surface area contributed by atoms with E-state index in [4.69, 9.17) is 4.74 Å². The van der Waals surface area contributed by atoms with E-state index in [-0.39, 0.29) is 18.0 Å². The zero-order valence-corrected chi connectivity index (χ0v) is 14.7. The minimum Gasteiger partial charge on any atom is -0.447 e. The number of nitrogens with one attached hydrogen (secondary N) is 1. The largest absolute Gasteiger partial charge is 0.447 e. The molecule has 25 heavy (non-hydrogen) atoms. The van der Waals surface area contributed by atoms with Crippen LogP contribution in [0.25, 0.3) is 0 Å². The Morgan fingerprint density at radius 1 is 1.16 bits per heavy atom. The normalized spacial score (nSPS) is 15.0. The van der Waals surface area contributed by atoms with E-state index in [9.17, 15) is 9.59 Å². The first-order valence-corrected chi connectivity index (χ1v) is 8.38. The molecule has 1 unspecified atom stereocenters. The summed E-state index contributed by atoms with van der Waals surface area (Å²) in [6.45, 7) is 7.00. The molecule has 1 atom stereocenters. The minimum atomic E-state index is -0.347. The second kappa shape index (κ2) is 6.97. The standard InChI is InChI=1S/C20H22N2O3/c1-13-4-5-14(2)18(12-13)15(3)21-19(23)16-6-8-17(9-7-16)22-10-11-25-20(22)24/h4-9,12,15H,10-11H2,1-3H3,(H,21,23). The SMILES string of the molecule is Cc1ccc(C)c(C(C)NC(=O)c2ccc(N3CCOC3=O)cc2)c1. The maximum absolute atomic E-state index is 12.5. The van der Waals surface area contributed by atoms with Crippen molar-refractivity contribution in [3.8, 4) is 0 Å². The Morgan fingerprint density at radius 2 is 1.88 bits per heavy atom. The monoisotopic (exact) mass is 338 g/mol. The van der Waals surface area contributed by atoms with Gasteiger partial charge in [-0.3, -0.25) is 9.69 Å². The summed E-state index contributed by atoms with van der Waals surface area (Å²) in [6, 6.07) is 13.1. The number of hydrogen-bond acceptors (Lipinski definition) is 3. The van der Waals surface area contributed by atoms with Crippen LogP contribution in [0, 0.1) is 13.8 Å². The fourth-order valence-electron chi connectivity index (χ4n) is 3.00. The Labute approximate surface area is 147 Å². The van der Waals surface area contributed by atoms with Crippen LogP contribution in [0.3, 0.4) is 0 Å². The number of amides is 2. The van der Waals surface area contributed by atoms with E-state index in [0.717, 1.165) is 16.8 Å². The van der Waals surface area contributed by atoms with Crippen molar-refractivity contribution in [3.63, 3.8) is 0 Å². The third kappa shape index (κ3) is 3.65. The summed E-state index contributed by atoms with van der Waals surface area (Å²) in [4.78, 5) is 25.6. The van der Waals surface area contributed by atoms with Gasteiger partial charge >= 0.3 is 6.09 Å². The van der Waals surface area contributed by atoms with Crippen molar-refractivity contribution >= 4 is 17.7 Å². The van der Waals surface area contributed by atoms with Crippen molar-refractivity contribution in [1.29, 1.82) is 0 Å². The number of carbonyl (C=O) groups excluding carboxylic acids is 2. The van der Waals surface area contributed by atoms with Crippen LogP contribution in [0.4, 0.5) is 10.5 Å². The molecule has 1 aliphatic heterocycles. The highest BCUT2D eigenvalue weighted by Crippen LogP contribution is 2.21. The summed E-state index contributed by atoms with van der Waals surface area (Å²) in [7, 11) is 0. The number of benzene rings is 2. The van der Waals surface area contributed by atoms with Gasteiger partial charge in [0.2, 0.25) is 0 Å². The number of carbonyl (C=O) groups is 2. The van der Waals surface area contributed by atoms with Crippen LogP contribution < -0.4 is 10.2 Å². The molecular formula is C20H22N2O3. The molecule has 3 rings (SSSR count). The molecule has 2 amide bonds. The lowest BCUT2D eigenvalue weighted by molar-refractivity contribution is 0.0940. The molecule has 1 fully saturated rings. The van der Waals surface area contributed by atoms with Crippen LogP contribution in [-0.4, -0.2) is 25.2 Å². The van der Waals surface area contributed by atoms with E-state index < -0.39 is 0 Å². The van der Waals surface area contributed by atoms with Crippen molar-refractivity contribution in [1.82, 2.24) is 5.32 Å². The van der Waals surface area contributed by atoms with Gasteiger partial charge in [-0.2, -0.15) is 0 Å². The molecule has 0 aliphatic carbocycles. The van der Waals surface area contributed by atoms with E-state index in [1.165, 1.54) is 5.56 Å². The molecule has 1 aliphatic rings. The molecule has 0 aromatic heterocycles. The molecule has 2 aromatic rings. The highest BCUT2D eigenvalue weighted by molar-refractivity contribution is 5.96. The molecule has 1 saturated heterocycles. The summed E-state index contributed by atoms with van der Waals surface area (Å²) in [6.07, 6.45) is -0.347. The van der Waals surface area contributed by atoms with E-state index >= 15 is 0 Å². The summed E-state index contributed by atoms with van der Waals surface area (Å²) < 4.78 is 4.93. The third-order valence-corrected chi connectivity index (χ3v) is 4.45. The average Bonchev–Trinajstić information content (AvgIpc) is 3.03. The van der Waals surface area contributed by atoms with Crippen molar-refractivity contribution in [2.75, 3.05) is 18.1 Å². The zero-order chi connectivity index (χ0) is 18.0. The minimum absolute atomic E-state index is 0.0827. The predicted molar refractivity (Wildman–Crippen MR) is 96.9 cm³/mol. The van der Waals surface area contributed by atoms with Crippen LogP contribution >= 0.6 is 0 Å². The van der Waals surface area contributed by atoms with Crippen molar-refractivity contribution in [3.05, 3.63) is 64.7 Å². The predicted octanol–water partition coefficient (Wildman–Crippen LogP) is 3.75. The smallest absolute Gasteiger partial charge is 0.414 e. The second-order valence-electron chi connectivity index (χ2n) is 6.37. The van der Waals surface area contributed by atoms with Crippen LogP contribution in [0.5, 0.6) is 0 Å². The van der Waals surface area contributed by atoms with Gasteiger partial charge in [-0.05, 0) is 56.2 Å². The third-order valence-electron chi connectivity index (χ3n) is 4.45. The molecule has 5 nitrogen and oxygen atoms in total. The van der Waals surface area contributed by atoms with Crippen molar-refractivity contribution in [2.24, 2.45) is 0 Å². The van der Waals surface area contributed by atoms with Gasteiger partial charge in [0, 0.05) is 11.3 Å². The van der Waals surface area contributed by atoms with Crippen LogP contribution in [0.2, 0.25) is 0 Å².